The van der Waals surface area contributed by atoms with Gasteiger partial charge in [-0.1, -0.05) is 6.07 Å². The van der Waals surface area contributed by atoms with E-state index in [1.165, 1.54) is 9.80 Å². The Bertz CT molecular complexity index is 494. The Morgan fingerprint density at radius 2 is 2.30 bits per heavy atom. The van der Waals surface area contributed by atoms with Gasteiger partial charge in [-0.2, -0.15) is 0 Å². The minimum Gasteiger partial charge on any atom is -0.480 e. The summed E-state index contributed by atoms with van der Waals surface area (Å²) in [5.74, 6) is -1.09. The maximum absolute atomic E-state index is 12.3. The Hall–Kier alpha value is -2.15. The van der Waals surface area contributed by atoms with E-state index in [0.29, 0.717) is 6.54 Å². The highest BCUT2D eigenvalue weighted by Crippen LogP contribution is 2.20. The third-order valence-electron chi connectivity index (χ3n) is 3.28. The fourth-order valence-corrected chi connectivity index (χ4v) is 2.31. The molecule has 0 aromatic carbocycles. The Balaban J connectivity index is 2.04. The van der Waals surface area contributed by atoms with E-state index in [1.807, 2.05) is 6.07 Å². The van der Waals surface area contributed by atoms with E-state index >= 15 is 0 Å². The van der Waals surface area contributed by atoms with Gasteiger partial charge in [0.1, 0.15) is 6.04 Å². The van der Waals surface area contributed by atoms with Crippen LogP contribution in [0, 0.1) is 0 Å². The lowest BCUT2D eigenvalue weighted by Gasteiger charge is -2.27. The number of likely N-dealkylation sites (tertiary alicyclic amines) is 1. The molecule has 0 unspecified atom stereocenters. The van der Waals surface area contributed by atoms with Crippen LogP contribution in [0.2, 0.25) is 0 Å². The number of rotatable bonds is 3. The van der Waals surface area contributed by atoms with Crippen molar-refractivity contribution in [2.45, 2.75) is 25.1 Å². The molecule has 2 heterocycles. The van der Waals surface area contributed by atoms with Crippen LogP contribution in [0.3, 0.4) is 0 Å². The molecule has 7 heteroatoms. The second kappa shape index (κ2) is 5.87. The van der Waals surface area contributed by atoms with Crippen molar-refractivity contribution in [3.63, 3.8) is 0 Å². The molecule has 20 heavy (non-hydrogen) atoms. The molecule has 1 aliphatic rings. The first kappa shape index (κ1) is 14.3. The van der Waals surface area contributed by atoms with Gasteiger partial charge in [0.2, 0.25) is 0 Å². The van der Waals surface area contributed by atoms with Crippen LogP contribution in [0.1, 0.15) is 12.0 Å². The van der Waals surface area contributed by atoms with Crippen molar-refractivity contribution in [1.82, 2.24) is 14.8 Å². The summed E-state index contributed by atoms with van der Waals surface area (Å²) in [5, 5.41) is 18.6. The fraction of sp³-hybridized carbons (Fsp3) is 0.462. The molecular formula is C13H17N3O4. The molecule has 0 radical (unpaired) electrons. The van der Waals surface area contributed by atoms with Crippen LogP contribution >= 0.6 is 0 Å². The maximum atomic E-state index is 12.3. The number of hydrogen-bond acceptors (Lipinski definition) is 4. The second-order valence-electron chi connectivity index (χ2n) is 4.90. The van der Waals surface area contributed by atoms with Crippen molar-refractivity contribution in [2.75, 3.05) is 13.6 Å². The van der Waals surface area contributed by atoms with Crippen LogP contribution < -0.4 is 0 Å². The summed E-state index contributed by atoms with van der Waals surface area (Å²) in [7, 11) is 1.60. The number of carbonyl (C=O) groups is 2. The maximum Gasteiger partial charge on any atom is 0.326 e. The molecule has 0 bridgehead atoms. The van der Waals surface area contributed by atoms with E-state index in [-0.39, 0.29) is 13.0 Å². The third-order valence-corrected chi connectivity index (χ3v) is 3.28. The normalized spacial score (nSPS) is 21.8. The number of carboxylic acid groups (broad SMARTS) is 1. The average molecular weight is 279 g/mol. The zero-order valence-corrected chi connectivity index (χ0v) is 11.1. The average Bonchev–Trinajstić information content (AvgIpc) is 2.81. The summed E-state index contributed by atoms with van der Waals surface area (Å²) in [6, 6.07) is 2.24. The number of nitrogens with zero attached hydrogens (tertiary/aromatic N) is 3. The van der Waals surface area contributed by atoms with Crippen LogP contribution in [0.15, 0.2) is 24.5 Å². The van der Waals surface area contributed by atoms with Gasteiger partial charge in [0, 0.05) is 39.0 Å². The molecule has 108 valence electrons. The van der Waals surface area contributed by atoms with Crippen molar-refractivity contribution in [2.24, 2.45) is 0 Å². The molecule has 7 nitrogen and oxygen atoms in total. The van der Waals surface area contributed by atoms with Gasteiger partial charge < -0.3 is 20.0 Å². The highest BCUT2D eigenvalue weighted by molar-refractivity contribution is 5.83. The van der Waals surface area contributed by atoms with Gasteiger partial charge in [0.15, 0.2) is 0 Å². The molecule has 1 aromatic heterocycles. The largest absolute Gasteiger partial charge is 0.480 e. The standard InChI is InChI=1S/C13H17N3O4/c1-15(7-9-3-2-4-14-6-9)13(20)16-8-10(17)5-11(16)12(18)19/h2-4,6,10-11,17H,5,7-8H2,1H3,(H,18,19)/t10-,11-/m0/s1. The van der Waals surface area contributed by atoms with E-state index in [9.17, 15) is 14.7 Å². The van der Waals surface area contributed by atoms with Gasteiger partial charge in [0.25, 0.3) is 0 Å². The summed E-state index contributed by atoms with van der Waals surface area (Å²) in [5.41, 5.74) is 0.856. The van der Waals surface area contributed by atoms with Gasteiger partial charge in [-0.15, -0.1) is 0 Å². The highest BCUT2D eigenvalue weighted by Gasteiger charge is 2.39. The number of hydrogen-bond donors (Lipinski definition) is 2. The van der Waals surface area contributed by atoms with Crippen LogP contribution in [0.5, 0.6) is 0 Å². The van der Waals surface area contributed by atoms with Crippen molar-refractivity contribution < 1.29 is 19.8 Å². The van der Waals surface area contributed by atoms with Crippen molar-refractivity contribution in [3.8, 4) is 0 Å². The number of aliphatic hydroxyl groups excluding tert-OH is 1. The Morgan fingerprint density at radius 1 is 1.55 bits per heavy atom. The van der Waals surface area contributed by atoms with E-state index < -0.39 is 24.1 Å². The molecule has 1 aliphatic heterocycles. The summed E-state index contributed by atoms with van der Waals surface area (Å²) in [6.45, 7) is 0.388. The Labute approximate surface area is 116 Å². The van der Waals surface area contributed by atoms with Gasteiger partial charge in [-0.3, -0.25) is 4.98 Å². The Morgan fingerprint density at radius 3 is 2.90 bits per heavy atom. The number of carboxylic acids is 1. The van der Waals surface area contributed by atoms with Crippen LogP contribution in [-0.4, -0.2) is 62.7 Å². The first-order valence-electron chi connectivity index (χ1n) is 6.30. The minimum absolute atomic E-state index is 0.0488. The quantitative estimate of drug-likeness (QED) is 0.821. The van der Waals surface area contributed by atoms with Crippen molar-refractivity contribution in [3.05, 3.63) is 30.1 Å². The van der Waals surface area contributed by atoms with Crippen molar-refractivity contribution in [1.29, 1.82) is 0 Å². The number of aliphatic hydroxyl groups is 1. The smallest absolute Gasteiger partial charge is 0.326 e. The van der Waals surface area contributed by atoms with Crippen LogP contribution in [-0.2, 0) is 11.3 Å². The zero-order chi connectivity index (χ0) is 14.7. The molecular weight excluding hydrogens is 262 g/mol. The summed E-state index contributed by atoms with van der Waals surface area (Å²) in [4.78, 5) is 30.0. The van der Waals surface area contributed by atoms with Crippen LogP contribution in [0.25, 0.3) is 0 Å². The van der Waals surface area contributed by atoms with Gasteiger partial charge >= 0.3 is 12.0 Å². The number of β-amino-alcohol motifs (C(OH)–C–C–N with tert-alkyl or cyclic N) is 1. The summed E-state index contributed by atoms with van der Waals surface area (Å²) >= 11 is 0. The summed E-state index contributed by atoms with van der Waals surface area (Å²) < 4.78 is 0. The van der Waals surface area contributed by atoms with Gasteiger partial charge in [-0.25, -0.2) is 9.59 Å². The number of amides is 2. The lowest BCUT2D eigenvalue weighted by Crippen LogP contribution is -2.46. The number of aromatic nitrogens is 1. The molecule has 1 fully saturated rings. The highest BCUT2D eigenvalue weighted by atomic mass is 16.4. The molecule has 2 N–H and O–H groups in total. The predicted molar refractivity (Wildman–Crippen MR) is 69.9 cm³/mol. The number of pyridine rings is 1. The number of carbonyl (C=O) groups excluding carboxylic acids is 1. The SMILES string of the molecule is CN(Cc1cccnc1)C(=O)N1C[C@@H](O)C[C@H]1C(=O)O. The van der Waals surface area contributed by atoms with Crippen molar-refractivity contribution >= 4 is 12.0 Å². The monoisotopic (exact) mass is 279 g/mol. The molecule has 0 saturated carbocycles. The lowest BCUT2D eigenvalue weighted by molar-refractivity contribution is -0.141. The zero-order valence-electron chi connectivity index (χ0n) is 11.1. The first-order valence-corrected chi connectivity index (χ1v) is 6.30. The van der Waals surface area contributed by atoms with Gasteiger partial charge in [-0.05, 0) is 11.6 Å². The van der Waals surface area contributed by atoms with Gasteiger partial charge in [0.05, 0.1) is 6.10 Å². The molecule has 2 amide bonds. The van der Waals surface area contributed by atoms with Crippen LogP contribution in [0.4, 0.5) is 4.79 Å². The minimum atomic E-state index is -1.09. The predicted octanol–water partition coefficient (Wildman–Crippen LogP) is 0.153. The second-order valence-corrected chi connectivity index (χ2v) is 4.90. The molecule has 1 saturated heterocycles. The third kappa shape index (κ3) is 3.05. The number of aliphatic carboxylic acids is 1. The van der Waals surface area contributed by atoms with E-state index in [1.54, 1.807) is 25.5 Å². The molecule has 0 spiro atoms. The molecule has 0 aliphatic carbocycles. The molecule has 1 aromatic rings. The number of urea groups is 1. The fourth-order valence-electron chi connectivity index (χ4n) is 2.31. The van der Waals surface area contributed by atoms with E-state index in [0.717, 1.165) is 5.56 Å². The molecule has 2 rings (SSSR count). The topological polar surface area (TPSA) is 94.0 Å². The Kier molecular flexibility index (Phi) is 4.19. The molecule has 2 atom stereocenters. The first-order chi connectivity index (χ1) is 9.49. The van der Waals surface area contributed by atoms with E-state index in [4.69, 9.17) is 5.11 Å². The summed E-state index contributed by atoms with van der Waals surface area (Å²) in [6.07, 6.45) is 2.58. The van der Waals surface area contributed by atoms with E-state index in [2.05, 4.69) is 4.98 Å². The lowest BCUT2D eigenvalue weighted by atomic mass is 10.2.